The molecule has 0 N–H and O–H groups in total. The number of hydrogen-bond donors (Lipinski definition) is 0. The molecule has 0 atom stereocenters. The third kappa shape index (κ3) is 6.94. The number of unbranched alkanes of at least 4 members (excludes halogenated alkanes) is 4. The molecule has 0 aliphatic rings. The molecule has 0 amide bonds. The Morgan fingerprint density at radius 1 is 1.05 bits per heavy atom. The van der Waals surface area contributed by atoms with E-state index in [2.05, 4.69) is 15.9 Å². The number of halogens is 1. The smallest absolute Gasteiger partial charge is 0.338 e. The molecule has 0 unspecified atom stereocenters. The maximum Gasteiger partial charge on any atom is 0.338 e. The second-order valence-electron chi connectivity index (χ2n) is 4.55. The van der Waals surface area contributed by atoms with Crippen LogP contribution in [-0.2, 0) is 4.74 Å². The van der Waals surface area contributed by atoms with Crippen molar-refractivity contribution in [1.82, 2.24) is 0 Å². The van der Waals surface area contributed by atoms with E-state index >= 15 is 0 Å². The second-order valence-corrected chi connectivity index (χ2v) is 5.34. The van der Waals surface area contributed by atoms with Gasteiger partial charge in [-0.1, -0.05) is 35.2 Å². The van der Waals surface area contributed by atoms with Crippen LogP contribution in [-0.4, -0.2) is 24.5 Å². The number of carbonyl (C=O) groups is 1. The van der Waals surface area contributed by atoms with Crippen molar-refractivity contribution < 1.29 is 14.3 Å². The van der Waals surface area contributed by atoms with Gasteiger partial charge in [-0.3, -0.25) is 0 Å². The minimum atomic E-state index is -0.286. The van der Waals surface area contributed by atoms with E-state index in [0.717, 1.165) is 24.1 Å². The topological polar surface area (TPSA) is 35.5 Å². The normalized spacial score (nSPS) is 10.3. The van der Waals surface area contributed by atoms with E-state index in [9.17, 15) is 4.79 Å². The van der Waals surface area contributed by atoms with Gasteiger partial charge in [0.2, 0.25) is 0 Å². The van der Waals surface area contributed by atoms with E-state index in [0.29, 0.717) is 12.2 Å². The van der Waals surface area contributed by atoms with Gasteiger partial charge in [0.1, 0.15) is 5.75 Å². The Bertz CT molecular complexity index is 376. The fraction of sp³-hybridized carbons (Fsp3) is 0.562. The molecule has 1 aromatic carbocycles. The predicted molar refractivity (Wildman–Crippen MR) is 84.8 cm³/mol. The lowest BCUT2D eigenvalue weighted by Gasteiger charge is -2.07. The van der Waals surface area contributed by atoms with E-state index in [-0.39, 0.29) is 5.97 Å². The first-order chi connectivity index (χ1) is 9.77. The molecule has 0 fully saturated rings. The Morgan fingerprint density at radius 2 is 1.70 bits per heavy atom. The Hall–Kier alpha value is -1.03. The number of hydrogen-bond acceptors (Lipinski definition) is 3. The lowest BCUT2D eigenvalue weighted by atomic mass is 10.2. The number of carbonyl (C=O) groups excluding carboxylic acids is 1. The summed E-state index contributed by atoms with van der Waals surface area (Å²) < 4.78 is 10.6. The highest BCUT2D eigenvalue weighted by molar-refractivity contribution is 9.09. The summed E-state index contributed by atoms with van der Waals surface area (Å²) in [5.74, 6) is 0.518. The largest absolute Gasteiger partial charge is 0.494 e. The highest BCUT2D eigenvalue weighted by atomic mass is 79.9. The molecule has 0 aliphatic carbocycles. The molecule has 1 aromatic rings. The van der Waals surface area contributed by atoms with Crippen molar-refractivity contribution in [3.05, 3.63) is 29.8 Å². The molecule has 0 saturated heterocycles. The summed E-state index contributed by atoms with van der Waals surface area (Å²) in [6.07, 6.45) is 6.06. The van der Waals surface area contributed by atoms with Crippen molar-refractivity contribution in [3.8, 4) is 5.75 Å². The van der Waals surface area contributed by atoms with Crippen LogP contribution >= 0.6 is 15.9 Å². The molecule has 20 heavy (non-hydrogen) atoms. The zero-order chi connectivity index (χ0) is 14.6. The quantitative estimate of drug-likeness (QED) is 0.354. The minimum absolute atomic E-state index is 0.286. The highest BCUT2D eigenvalue weighted by Crippen LogP contribution is 2.14. The van der Waals surface area contributed by atoms with E-state index in [4.69, 9.17) is 9.47 Å². The van der Waals surface area contributed by atoms with E-state index in [1.165, 1.54) is 25.7 Å². The van der Waals surface area contributed by atoms with Crippen LogP contribution in [0.5, 0.6) is 5.75 Å². The van der Waals surface area contributed by atoms with Gasteiger partial charge in [0, 0.05) is 5.33 Å². The Kier molecular flexibility index (Phi) is 9.13. The number of ether oxygens (including phenoxy) is 2. The molecule has 0 bridgehead atoms. The Balaban J connectivity index is 2.20. The summed E-state index contributed by atoms with van der Waals surface area (Å²) in [6, 6.07) is 7.11. The Morgan fingerprint density at radius 3 is 2.35 bits per heavy atom. The predicted octanol–water partition coefficient (Wildman–Crippen LogP) is 4.59. The van der Waals surface area contributed by atoms with Crippen LogP contribution in [0.2, 0.25) is 0 Å². The highest BCUT2D eigenvalue weighted by Gasteiger charge is 2.05. The van der Waals surface area contributed by atoms with E-state index in [1.807, 2.05) is 12.1 Å². The maximum atomic E-state index is 11.5. The van der Waals surface area contributed by atoms with Crippen LogP contribution in [0.3, 0.4) is 0 Å². The molecule has 0 radical (unpaired) electrons. The van der Waals surface area contributed by atoms with Gasteiger partial charge < -0.3 is 9.47 Å². The van der Waals surface area contributed by atoms with Gasteiger partial charge in [0.05, 0.1) is 18.8 Å². The molecule has 112 valence electrons. The molecule has 4 heteroatoms. The molecule has 3 nitrogen and oxygen atoms in total. The SMILES string of the molecule is CCOC(=O)c1ccc(OCCCCCCCBr)cc1. The molecular weight excluding hydrogens is 320 g/mol. The first kappa shape index (κ1) is 17.0. The van der Waals surface area contributed by atoms with Gasteiger partial charge >= 0.3 is 5.97 Å². The summed E-state index contributed by atoms with van der Waals surface area (Å²) in [5, 5.41) is 1.09. The number of benzene rings is 1. The zero-order valence-corrected chi connectivity index (χ0v) is 13.7. The lowest BCUT2D eigenvalue weighted by Crippen LogP contribution is -2.04. The van der Waals surface area contributed by atoms with E-state index < -0.39 is 0 Å². The molecule has 0 heterocycles. The molecule has 0 saturated carbocycles. The molecular formula is C16H23BrO3. The second kappa shape index (κ2) is 10.7. The molecule has 0 spiro atoms. The number of rotatable bonds is 10. The van der Waals surface area contributed by atoms with Crippen molar-refractivity contribution in [3.63, 3.8) is 0 Å². The monoisotopic (exact) mass is 342 g/mol. The summed E-state index contributed by atoms with van der Waals surface area (Å²) in [4.78, 5) is 11.5. The fourth-order valence-electron chi connectivity index (χ4n) is 1.82. The fourth-order valence-corrected chi connectivity index (χ4v) is 2.22. The summed E-state index contributed by atoms with van der Waals surface area (Å²) in [6.45, 7) is 2.92. The van der Waals surface area contributed by atoms with Gasteiger partial charge in [-0.15, -0.1) is 0 Å². The van der Waals surface area contributed by atoms with Crippen molar-refractivity contribution in [2.45, 2.75) is 39.0 Å². The molecule has 0 aliphatic heterocycles. The van der Waals surface area contributed by atoms with Crippen molar-refractivity contribution >= 4 is 21.9 Å². The maximum absolute atomic E-state index is 11.5. The number of alkyl halides is 1. The average Bonchev–Trinajstić information content (AvgIpc) is 2.47. The van der Waals surface area contributed by atoms with Crippen LogP contribution in [0.25, 0.3) is 0 Å². The summed E-state index contributed by atoms with van der Waals surface area (Å²) in [5.41, 5.74) is 0.564. The minimum Gasteiger partial charge on any atom is -0.494 e. The van der Waals surface area contributed by atoms with Crippen LogP contribution in [0.1, 0.15) is 49.4 Å². The summed E-state index contributed by atoms with van der Waals surface area (Å²) >= 11 is 3.43. The van der Waals surface area contributed by atoms with Crippen LogP contribution in [0, 0.1) is 0 Å². The van der Waals surface area contributed by atoms with Gasteiger partial charge in [-0.05, 0) is 44.0 Å². The van der Waals surface area contributed by atoms with Crippen LogP contribution in [0.4, 0.5) is 0 Å². The van der Waals surface area contributed by atoms with Crippen molar-refractivity contribution in [2.75, 3.05) is 18.5 Å². The number of esters is 1. The van der Waals surface area contributed by atoms with Gasteiger partial charge in [-0.25, -0.2) is 4.79 Å². The summed E-state index contributed by atoms with van der Waals surface area (Å²) in [7, 11) is 0. The molecule has 1 rings (SSSR count). The van der Waals surface area contributed by atoms with Crippen molar-refractivity contribution in [2.24, 2.45) is 0 Å². The van der Waals surface area contributed by atoms with Crippen LogP contribution in [0.15, 0.2) is 24.3 Å². The van der Waals surface area contributed by atoms with Crippen molar-refractivity contribution in [1.29, 1.82) is 0 Å². The third-order valence-electron chi connectivity index (χ3n) is 2.91. The Labute approximate surface area is 129 Å². The standard InChI is InChI=1S/C16H23BrO3/c1-2-19-16(18)14-8-10-15(11-9-14)20-13-7-5-3-4-6-12-17/h8-11H,2-7,12-13H2,1H3. The van der Waals surface area contributed by atoms with Gasteiger partial charge in [-0.2, -0.15) is 0 Å². The molecule has 0 aromatic heterocycles. The van der Waals surface area contributed by atoms with Crippen LogP contribution < -0.4 is 4.74 Å². The third-order valence-corrected chi connectivity index (χ3v) is 3.47. The lowest BCUT2D eigenvalue weighted by molar-refractivity contribution is 0.0526. The van der Waals surface area contributed by atoms with Gasteiger partial charge in [0.15, 0.2) is 0 Å². The van der Waals surface area contributed by atoms with E-state index in [1.54, 1.807) is 19.1 Å². The van der Waals surface area contributed by atoms with Gasteiger partial charge in [0.25, 0.3) is 0 Å². The average molecular weight is 343 g/mol. The first-order valence-corrected chi connectivity index (χ1v) is 8.36. The first-order valence-electron chi connectivity index (χ1n) is 7.24. The zero-order valence-electron chi connectivity index (χ0n) is 12.1.